The number of benzene rings is 1. The second kappa shape index (κ2) is 9.05. The van der Waals surface area contributed by atoms with Gasteiger partial charge in [-0.25, -0.2) is 4.98 Å². The molecule has 0 saturated carbocycles. The third-order valence-electron chi connectivity index (χ3n) is 6.14. The van der Waals surface area contributed by atoms with Gasteiger partial charge in [-0.05, 0) is 63.1 Å². The zero-order valence-electron chi connectivity index (χ0n) is 19.3. The molecule has 0 atom stereocenters. The average Bonchev–Trinajstić information content (AvgIpc) is 3.39. The number of amides is 1. The molecule has 0 bridgehead atoms. The van der Waals surface area contributed by atoms with Gasteiger partial charge in [0, 0.05) is 42.8 Å². The number of pyridine rings is 2. The van der Waals surface area contributed by atoms with Crippen LogP contribution in [0.4, 0.5) is 11.5 Å². The van der Waals surface area contributed by atoms with E-state index in [1.807, 2.05) is 48.7 Å². The summed E-state index contributed by atoms with van der Waals surface area (Å²) < 4.78 is 1.83. The minimum Gasteiger partial charge on any atom is -0.355 e. The van der Waals surface area contributed by atoms with Crippen molar-refractivity contribution in [2.45, 2.75) is 33.2 Å². The highest BCUT2D eigenvalue weighted by Gasteiger charge is 2.17. The largest absolute Gasteiger partial charge is 0.355 e. The van der Waals surface area contributed by atoms with Crippen LogP contribution in [0.5, 0.6) is 0 Å². The first-order chi connectivity index (χ1) is 16.5. The van der Waals surface area contributed by atoms with Crippen LogP contribution in [0.25, 0.3) is 22.3 Å². The normalized spacial score (nSPS) is 13.4. The number of carbonyl (C=O) groups is 1. The van der Waals surface area contributed by atoms with Crippen molar-refractivity contribution in [2.24, 2.45) is 0 Å². The molecule has 0 unspecified atom stereocenters. The zero-order valence-corrected chi connectivity index (χ0v) is 19.3. The smallest absolute Gasteiger partial charge is 0.261 e. The monoisotopic (exact) mass is 454 g/mol. The molecule has 34 heavy (non-hydrogen) atoms. The molecule has 0 aliphatic carbocycles. The maximum atomic E-state index is 13.1. The minimum absolute atomic E-state index is 0.0835. The van der Waals surface area contributed by atoms with E-state index in [-0.39, 0.29) is 11.0 Å². The Morgan fingerprint density at radius 2 is 1.88 bits per heavy atom. The lowest BCUT2D eigenvalue weighted by Gasteiger charge is -2.15. The first-order valence-corrected chi connectivity index (χ1v) is 11.5. The summed E-state index contributed by atoms with van der Waals surface area (Å²) in [7, 11) is 0. The molecule has 1 amide bonds. The summed E-state index contributed by atoms with van der Waals surface area (Å²) in [6.07, 6.45) is 3.95. The topological polar surface area (TPSA) is 93.0 Å². The molecule has 8 heteroatoms. The molecule has 3 aromatic heterocycles. The second-order valence-electron chi connectivity index (χ2n) is 8.49. The van der Waals surface area contributed by atoms with E-state index in [2.05, 4.69) is 25.4 Å². The maximum absolute atomic E-state index is 13.1. The fourth-order valence-electron chi connectivity index (χ4n) is 4.31. The standard InChI is InChI=1S/C26H26N6O2/c1-3-31-16-21(24(33)20-10-9-17(2)27-25(20)31)26(34)28-19-8-6-7-18(15-19)22-11-12-23(30-29-22)32-13-4-5-14-32/h6-12,15-16H,3-5,13-14H2,1-2H3,(H,28,34). The van der Waals surface area contributed by atoms with Crippen LogP contribution >= 0.6 is 0 Å². The summed E-state index contributed by atoms with van der Waals surface area (Å²) in [6, 6.07) is 14.8. The van der Waals surface area contributed by atoms with Crippen LogP contribution in [0.1, 0.15) is 35.8 Å². The first-order valence-electron chi connectivity index (χ1n) is 11.5. The van der Waals surface area contributed by atoms with Gasteiger partial charge in [0.05, 0.1) is 11.1 Å². The third-order valence-corrected chi connectivity index (χ3v) is 6.14. The van der Waals surface area contributed by atoms with Crippen molar-refractivity contribution in [3.05, 3.63) is 76.2 Å². The predicted molar refractivity (Wildman–Crippen MR) is 133 cm³/mol. The molecule has 4 heterocycles. The Labute approximate surface area is 197 Å². The van der Waals surface area contributed by atoms with Gasteiger partial charge in [0.2, 0.25) is 5.43 Å². The van der Waals surface area contributed by atoms with E-state index in [1.54, 1.807) is 24.4 Å². The Balaban J connectivity index is 1.41. The number of rotatable bonds is 5. The average molecular weight is 455 g/mol. The maximum Gasteiger partial charge on any atom is 0.261 e. The Morgan fingerprint density at radius 1 is 1.06 bits per heavy atom. The van der Waals surface area contributed by atoms with Crippen molar-refractivity contribution in [1.82, 2.24) is 19.7 Å². The molecule has 1 aliphatic rings. The van der Waals surface area contributed by atoms with Gasteiger partial charge in [-0.3, -0.25) is 9.59 Å². The van der Waals surface area contributed by atoms with Crippen molar-refractivity contribution >= 4 is 28.4 Å². The molecule has 0 radical (unpaired) electrons. The summed E-state index contributed by atoms with van der Waals surface area (Å²) in [5, 5.41) is 12.1. The number of hydrogen-bond acceptors (Lipinski definition) is 6. The lowest BCUT2D eigenvalue weighted by Crippen LogP contribution is -2.24. The van der Waals surface area contributed by atoms with Crippen molar-refractivity contribution in [3.8, 4) is 11.3 Å². The van der Waals surface area contributed by atoms with Gasteiger partial charge in [0.15, 0.2) is 5.82 Å². The molecule has 1 N–H and O–H groups in total. The molecule has 1 aliphatic heterocycles. The lowest BCUT2D eigenvalue weighted by atomic mass is 10.1. The number of nitrogens with one attached hydrogen (secondary N) is 1. The minimum atomic E-state index is -0.456. The Kier molecular flexibility index (Phi) is 5.79. The summed E-state index contributed by atoms with van der Waals surface area (Å²) >= 11 is 0. The Hall–Kier alpha value is -4.07. The van der Waals surface area contributed by atoms with Crippen molar-refractivity contribution in [3.63, 3.8) is 0 Å². The highest BCUT2D eigenvalue weighted by molar-refractivity contribution is 6.05. The summed E-state index contributed by atoms with van der Waals surface area (Å²) in [5.74, 6) is 0.432. The molecular formula is C26H26N6O2. The molecule has 4 aromatic rings. The van der Waals surface area contributed by atoms with Crippen LogP contribution in [0.2, 0.25) is 0 Å². The molecular weight excluding hydrogens is 428 g/mol. The van der Waals surface area contributed by atoms with E-state index in [0.717, 1.165) is 35.9 Å². The SMILES string of the molecule is CCn1cc(C(=O)Nc2cccc(-c3ccc(N4CCCC4)nn3)c2)c(=O)c2ccc(C)nc21. The molecule has 8 nitrogen and oxygen atoms in total. The second-order valence-corrected chi connectivity index (χ2v) is 8.49. The van der Waals surface area contributed by atoms with E-state index < -0.39 is 5.91 Å². The molecule has 0 spiro atoms. The Bertz CT molecular complexity index is 1420. The molecule has 1 aromatic carbocycles. The lowest BCUT2D eigenvalue weighted by molar-refractivity contribution is 0.102. The van der Waals surface area contributed by atoms with Crippen LogP contribution in [0.3, 0.4) is 0 Å². The number of aromatic nitrogens is 4. The van der Waals surface area contributed by atoms with E-state index in [1.165, 1.54) is 12.8 Å². The Morgan fingerprint density at radius 3 is 2.62 bits per heavy atom. The van der Waals surface area contributed by atoms with E-state index in [9.17, 15) is 9.59 Å². The third kappa shape index (κ3) is 4.14. The van der Waals surface area contributed by atoms with Crippen LogP contribution in [-0.2, 0) is 6.54 Å². The quantitative estimate of drug-likeness (QED) is 0.489. The molecule has 1 fully saturated rings. The van der Waals surface area contributed by atoms with Gasteiger partial charge in [0.25, 0.3) is 5.91 Å². The number of hydrogen-bond donors (Lipinski definition) is 1. The number of fused-ring (bicyclic) bond motifs is 1. The van der Waals surface area contributed by atoms with Crippen LogP contribution < -0.4 is 15.6 Å². The number of nitrogens with zero attached hydrogens (tertiary/aromatic N) is 5. The first kappa shape index (κ1) is 21.8. The fourth-order valence-corrected chi connectivity index (χ4v) is 4.31. The van der Waals surface area contributed by atoms with Gasteiger partial charge < -0.3 is 14.8 Å². The van der Waals surface area contributed by atoms with E-state index in [0.29, 0.717) is 23.3 Å². The van der Waals surface area contributed by atoms with Crippen molar-refractivity contribution in [1.29, 1.82) is 0 Å². The summed E-state index contributed by atoms with van der Waals surface area (Å²) in [6.45, 7) is 6.45. The van der Waals surface area contributed by atoms with Gasteiger partial charge in [-0.15, -0.1) is 10.2 Å². The van der Waals surface area contributed by atoms with Gasteiger partial charge >= 0.3 is 0 Å². The molecule has 5 rings (SSSR count). The predicted octanol–water partition coefficient (Wildman–Crippen LogP) is 4.03. The fraction of sp³-hybridized carbons (Fsp3) is 0.269. The van der Waals surface area contributed by atoms with Crippen LogP contribution in [0.15, 0.2) is 59.5 Å². The molecule has 1 saturated heterocycles. The van der Waals surface area contributed by atoms with Crippen LogP contribution in [-0.4, -0.2) is 38.7 Å². The van der Waals surface area contributed by atoms with Gasteiger partial charge in [-0.2, -0.15) is 0 Å². The van der Waals surface area contributed by atoms with E-state index >= 15 is 0 Å². The van der Waals surface area contributed by atoms with Crippen molar-refractivity contribution in [2.75, 3.05) is 23.3 Å². The zero-order chi connectivity index (χ0) is 23.7. The number of aryl methyl sites for hydroxylation is 2. The van der Waals surface area contributed by atoms with Crippen molar-refractivity contribution < 1.29 is 4.79 Å². The summed E-state index contributed by atoms with van der Waals surface area (Å²) in [4.78, 5) is 32.8. The number of carbonyl (C=O) groups excluding carboxylic acids is 1. The highest BCUT2D eigenvalue weighted by Crippen LogP contribution is 2.23. The van der Waals surface area contributed by atoms with Gasteiger partial charge in [-0.1, -0.05) is 12.1 Å². The highest BCUT2D eigenvalue weighted by atomic mass is 16.2. The number of anilines is 2. The summed E-state index contributed by atoms with van der Waals surface area (Å²) in [5.41, 5.74) is 3.30. The van der Waals surface area contributed by atoms with Gasteiger partial charge in [0.1, 0.15) is 11.2 Å². The van der Waals surface area contributed by atoms with Crippen LogP contribution in [0, 0.1) is 6.92 Å². The van der Waals surface area contributed by atoms with E-state index in [4.69, 9.17) is 0 Å². The molecule has 172 valence electrons.